The second-order valence-electron chi connectivity index (χ2n) is 3.23. The topological polar surface area (TPSA) is 0 Å². The van der Waals surface area contributed by atoms with Gasteiger partial charge in [-0.3, -0.25) is 0 Å². The zero-order chi connectivity index (χ0) is 12.7. The van der Waals surface area contributed by atoms with E-state index in [1.165, 1.54) is 5.30 Å². The van der Waals surface area contributed by atoms with Gasteiger partial charge in [-0.25, -0.2) is 0 Å². The Bertz CT molecular complexity index is 359. The van der Waals surface area contributed by atoms with Crippen LogP contribution in [0.25, 0.3) is 0 Å². The SMILES string of the molecule is CCC(=S)SP(SC(=S)CC)c1ccccc1. The maximum absolute atomic E-state index is 5.34. The summed E-state index contributed by atoms with van der Waals surface area (Å²) in [6.07, 6.45) is 1.50. The van der Waals surface area contributed by atoms with Crippen molar-refractivity contribution in [2.45, 2.75) is 26.7 Å². The van der Waals surface area contributed by atoms with E-state index in [0.717, 1.165) is 21.2 Å². The van der Waals surface area contributed by atoms with Crippen molar-refractivity contribution in [2.24, 2.45) is 0 Å². The lowest BCUT2D eigenvalue weighted by molar-refractivity contribution is 1.35. The summed E-state index contributed by atoms with van der Waals surface area (Å²) in [5.41, 5.74) is 0. The van der Waals surface area contributed by atoms with Crippen molar-refractivity contribution in [1.82, 2.24) is 0 Å². The Morgan fingerprint density at radius 1 is 1.00 bits per heavy atom. The second kappa shape index (κ2) is 8.60. The molecule has 1 rings (SSSR count). The molecular weight excluding hydrogens is 303 g/mol. The molecule has 0 aliphatic rings. The van der Waals surface area contributed by atoms with Crippen molar-refractivity contribution in [3.05, 3.63) is 30.3 Å². The van der Waals surface area contributed by atoms with E-state index < -0.39 is 6.33 Å². The smallest absolute Gasteiger partial charge is 0.0550 e. The highest BCUT2D eigenvalue weighted by Gasteiger charge is 2.16. The molecule has 0 spiro atoms. The van der Waals surface area contributed by atoms with E-state index >= 15 is 0 Å². The molecule has 0 fully saturated rings. The van der Waals surface area contributed by atoms with E-state index in [-0.39, 0.29) is 0 Å². The van der Waals surface area contributed by atoms with Gasteiger partial charge in [0, 0.05) is 0 Å². The Kier molecular flexibility index (Phi) is 7.89. The minimum Gasteiger partial charge on any atom is -0.0770 e. The third kappa shape index (κ3) is 5.80. The van der Waals surface area contributed by atoms with Crippen LogP contribution in [-0.4, -0.2) is 8.39 Å². The Balaban J connectivity index is 2.79. The molecule has 0 N–H and O–H groups in total. The van der Waals surface area contributed by atoms with Gasteiger partial charge >= 0.3 is 0 Å². The Labute approximate surface area is 124 Å². The highest BCUT2D eigenvalue weighted by Crippen LogP contribution is 2.61. The quantitative estimate of drug-likeness (QED) is 0.514. The fraction of sp³-hybridized carbons (Fsp3) is 0.333. The first-order valence-corrected chi connectivity index (χ1v) is 10.4. The molecule has 5 heteroatoms. The third-order valence-corrected chi connectivity index (χ3v) is 10.7. The van der Waals surface area contributed by atoms with Gasteiger partial charge in [0.05, 0.1) is 14.7 Å². The van der Waals surface area contributed by atoms with Gasteiger partial charge in [0.15, 0.2) is 0 Å². The van der Waals surface area contributed by atoms with Gasteiger partial charge in [-0.1, -0.05) is 91.4 Å². The van der Waals surface area contributed by atoms with Gasteiger partial charge in [-0.15, -0.1) is 0 Å². The molecule has 0 atom stereocenters. The summed E-state index contributed by atoms with van der Waals surface area (Å²) in [6, 6.07) is 10.5. The van der Waals surface area contributed by atoms with Crippen LogP contribution in [-0.2, 0) is 0 Å². The van der Waals surface area contributed by atoms with Crippen molar-refractivity contribution < 1.29 is 0 Å². The predicted octanol–water partition coefficient (Wildman–Crippen LogP) is 5.57. The Morgan fingerprint density at radius 2 is 1.47 bits per heavy atom. The van der Waals surface area contributed by atoms with E-state index in [2.05, 4.69) is 38.1 Å². The summed E-state index contributed by atoms with van der Waals surface area (Å²) >= 11 is 14.3. The molecule has 17 heavy (non-hydrogen) atoms. The molecule has 0 bridgehead atoms. The standard InChI is InChI=1S/C12H15PS4/c1-3-11(14)16-13(17-12(15)4-2)10-8-6-5-7-9-10/h5-9H,3-4H2,1-2H3. The van der Waals surface area contributed by atoms with Crippen molar-refractivity contribution in [1.29, 1.82) is 0 Å². The molecular formula is C12H15PS4. The van der Waals surface area contributed by atoms with Gasteiger partial charge in [0.2, 0.25) is 0 Å². The highest BCUT2D eigenvalue weighted by molar-refractivity contribution is 8.97. The molecule has 0 amide bonds. The molecule has 1 aromatic rings. The van der Waals surface area contributed by atoms with Crippen LogP contribution in [0.2, 0.25) is 0 Å². The van der Waals surface area contributed by atoms with Crippen molar-refractivity contribution >= 4 is 67.2 Å². The van der Waals surface area contributed by atoms with Crippen LogP contribution in [0.5, 0.6) is 0 Å². The number of benzene rings is 1. The van der Waals surface area contributed by atoms with Crippen LogP contribution in [0.15, 0.2) is 30.3 Å². The molecule has 1 aromatic carbocycles. The molecule has 0 radical (unpaired) electrons. The maximum Gasteiger partial charge on any atom is 0.0550 e. The monoisotopic (exact) mass is 318 g/mol. The zero-order valence-electron chi connectivity index (χ0n) is 9.88. The molecule has 0 aliphatic carbocycles. The largest absolute Gasteiger partial charge is 0.0770 e. The van der Waals surface area contributed by atoms with E-state index in [1.54, 1.807) is 0 Å². The summed E-state index contributed by atoms with van der Waals surface area (Å²) in [6.45, 7) is 4.22. The molecule has 0 unspecified atom stereocenters. The van der Waals surface area contributed by atoms with E-state index in [9.17, 15) is 0 Å². The van der Waals surface area contributed by atoms with E-state index in [0.29, 0.717) is 0 Å². The predicted molar refractivity (Wildman–Crippen MR) is 94.0 cm³/mol. The van der Waals surface area contributed by atoms with Crippen LogP contribution in [0.3, 0.4) is 0 Å². The van der Waals surface area contributed by atoms with Crippen LogP contribution in [0.1, 0.15) is 26.7 Å². The minimum absolute atomic E-state index is 0.395. The molecule has 0 saturated carbocycles. The second-order valence-corrected chi connectivity index (χ2v) is 11.1. The highest BCUT2D eigenvalue weighted by atomic mass is 33.1. The first kappa shape index (κ1) is 15.6. The van der Waals surface area contributed by atoms with Crippen molar-refractivity contribution in [2.75, 3.05) is 0 Å². The maximum atomic E-state index is 5.34. The molecule has 92 valence electrons. The number of hydrogen-bond acceptors (Lipinski definition) is 4. The summed E-state index contributed by atoms with van der Waals surface area (Å²) < 4.78 is 2.15. The summed E-state index contributed by atoms with van der Waals surface area (Å²) in [5, 5.41) is 1.35. The molecule has 0 aliphatic heterocycles. The van der Waals surface area contributed by atoms with Gasteiger partial charge < -0.3 is 0 Å². The third-order valence-electron chi connectivity index (χ3n) is 1.91. The molecule has 0 aromatic heterocycles. The van der Waals surface area contributed by atoms with Crippen LogP contribution in [0.4, 0.5) is 0 Å². The zero-order valence-corrected chi connectivity index (χ0v) is 14.0. The van der Waals surface area contributed by atoms with Gasteiger partial charge in [0.25, 0.3) is 0 Å². The molecule has 0 saturated heterocycles. The fourth-order valence-electron chi connectivity index (χ4n) is 0.988. The fourth-order valence-corrected chi connectivity index (χ4v) is 9.78. The minimum atomic E-state index is -0.395. The first-order chi connectivity index (χ1) is 8.17. The average Bonchev–Trinajstić information content (AvgIpc) is 2.38. The summed E-state index contributed by atoms with van der Waals surface area (Å²) in [5.74, 6) is 0. The molecule has 0 nitrogen and oxygen atoms in total. The lowest BCUT2D eigenvalue weighted by Gasteiger charge is -2.16. The normalized spacial score (nSPS) is 10.5. The first-order valence-electron chi connectivity index (χ1n) is 5.44. The summed E-state index contributed by atoms with van der Waals surface area (Å²) in [7, 11) is 0. The lowest BCUT2D eigenvalue weighted by atomic mass is 10.4. The number of thiocarbonyl (C=S) groups is 2. The average molecular weight is 318 g/mol. The summed E-state index contributed by atoms with van der Waals surface area (Å²) in [4.78, 5) is 0. The lowest BCUT2D eigenvalue weighted by Crippen LogP contribution is -1.98. The van der Waals surface area contributed by atoms with E-state index in [4.69, 9.17) is 24.4 Å². The van der Waals surface area contributed by atoms with Crippen LogP contribution < -0.4 is 5.30 Å². The van der Waals surface area contributed by atoms with Gasteiger partial charge in [0.1, 0.15) is 0 Å². The van der Waals surface area contributed by atoms with Gasteiger partial charge in [-0.05, 0) is 18.1 Å². The molecule has 0 heterocycles. The van der Waals surface area contributed by atoms with E-state index in [1.807, 2.05) is 28.8 Å². The Morgan fingerprint density at radius 3 is 1.88 bits per heavy atom. The Hall–Kier alpha value is 0.530. The number of hydrogen-bond donors (Lipinski definition) is 0. The van der Waals surface area contributed by atoms with Crippen LogP contribution >= 0.6 is 53.5 Å². The van der Waals surface area contributed by atoms with Crippen molar-refractivity contribution in [3.8, 4) is 0 Å². The van der Waals surface area contributed by atoms with Gasteiger partial charge in [-0.2, -0.15) is 0 Å². The van der Waals surface area contributed by atoms with Crippen LogP contribution in [0, 0.1) is 0 Å². The van der Waals surface area contributed by atoms with Crippen molar-refractivity contribution in [3.63, 3.8) is 0 Å². The number of rotatable bonds is 5.